The highest BCUT2D eigenvalue weighted by Gasteiger charge is 2.18. The van der Waals surface area contributed by atoms with Crippen LogP contribution in [-0.2, 0) is 19.4 Å². The van der Waals surface area contributed by atoms with E-state index in [9.17, 15) is 4.79 Å². The van der Waals surface area contributed by atoms with Crippen LogP contribution in [0.25, 0.3) is 11.0 Å². The Kier molecular flexibility index (Phi) is 3.10. The van der Waals surface area contributed by atoms with Crippen LogP contribution < -0.4 is 15.5 Å². The molecule has 22 heavy (non-hydrogen) atoms. The Morgan fingerprint density at radius 3 is 2.91 bits per heavy atom. The number of fused-ring (bicyclic) bond motifs is 3. The van der Waals surface area contributed by atoms with Gasteiger partial charge in [-0.3, -0.25) is 10.3 Å². The Labute approximate surface area is 125 Å². The van der Waals surface area contributed by atoms with Crippen molar-refractivity contribution in [3.8, 4) is 5.75 Å². The van der Waals surface area contributed by atoms with Crippen molar-refractivity contribution >= 4 is 11.0 Å². The molecule has 0 amide bonds. The Bertz CT molecular complexity index is 870. The van der Waals surface area contributed by atoms with Crippen molar-refractivity contribution in [3.05, 3.63) is 45.6 Å². The zero-order valence-corrected chi connectivity index (χ0v) is 11.8. The summed E-state index contributed by atoms with van der Waals surface area (Å²) in [6.45, 7) is 0.174. The van der Waals surface area contributed by atoms with E-state index in [0.29, 0.717) is 17.2 Å². The fourth-order valence-electron chi connectivity index (χ4n) is 2.88. The lowest BCUT2D eigenvalue weighted by Crippen LogP contribution is -2.15. The standard InChI is InChI=1S/C15H13N4O3/c20-15-12-4-2-1-3-10(12)11-6-5-9(7-13(11)22-15)21-8-14-16-18-19-17-14/h5-7H,1-4,8H2/q-1. The number of aromatic nitrogens is 4. The molecule has 7 heteroatoms. The predicted molar refractivity (Wildman–Crippen MR) is 76.6 cm³/mol. The molecule has 1 aliphatic rings. The molecule has 1 aliphatic carbocycles. The monoisotopic (exact) mass is 297 g/mol. The molecule has 0 radical (unpaired) electrons. The molecule has 2 aromatic heterocycles. The molecule has 0 spiro atoms. The van der Waals surface area contributed by atoms with Gasteiger partial charge in [-0.15, -0.1) is 0 Å². The highest BCUT2D eigenvalue weighted by molar-refractivity contribution is 5.82. The summed E-state index contributed by atoms with van der Waals surface area (Å²) >= 11 is 0. The molecule has 0 aliphatic heterocycles. The van der Waals surface area contributed by atoms with Crippen LogP contribution in [0.4, 0.5) is 0 Å². The van der Waals surface area contributed by atoms with Crippen molar-refractivity contribution in [2.24, 2.45) is 0 Å². The second kappa shape index (κ2) is 5.25. The Morgan fingerprint density at radius 1 is 1.23 bits per heavy atom. The number of aryl methyl sites for hydroxylation is 1. The summed E-state index contributed by atoms with van der Waals surface area (Å²) in [5, 5.41) is 15.2. The van der Waals surface area contributed by atoms with E-state index in [1.807, 2.05) is 12.1 Å². The predicted octanol–water partition coefficient (Wildman–Crippen LogP) is 1.39. The van der Waals surface area contributed by atoms with Crippen molar-refractivity contribution in [2.45, 2.75) is 32.3 Å². The summed E-state index contributed by atoms with van der Waals surface area (Å²) in [5.41, 5.74) is 2.28. The van der Waals surface area contributed by atoms with Crippen molar-refractivity contribution in [1.29, 1.82) is 0 Å². The Balaban J connectivity index is 1.70. The normalized spacial score (nSPS) is 14.0. The minimum absolute atomic E-state index is 0.174. The summed E-state index contributed by atoms with van der Waals surface area (Å²) in [6, 6.07) is 5.54. The smallest absolute Gasteiger partial charge is 0.339 e. The van der Waals surface area contributed by atoms with Crippen molar-refractivity contribution in [1.82, 2.24) is 20.6 Å². The van der Waals surface area contributed by atoms with Gasteiger partial charge >= 0.3 is 5.63 Å². The van der Waals surface area contributed by atoms with Crippen molar-refractivity contribution < 1.29 is 9.15 Å². The number of benzene rings is 1. The molecule has 0 saturated heterocycles. The summed E-state index contributed by atoms with van der Waals surface area (Å²) in [6.07, 6.45) is 3.89. The van der Waals surface area contributed by atoms with E-state index in [0.717, 1.165) is 42.2 Å². The lowest BCUT2D eigenvalue weighted by molar-refractivity contribution is 0.295. The molecule has 0 bridgehead atoms. The maximum Gasteiger partial charge on any atom is 0.339 e. The first kappa shape index (κ1) is 13.0. The molecule has 2 heterocycles. The van der Waals surface area contributed by atoms with Gasteiger partial charge < -0.3 is 14.3 Å². The van der Waals surface area contributed by atoms with Gasteiger partial charge in [0.1, 0.15) is 17.9 Å². The summed E-state index contributed by atoms with van der Waals surface area (Å²) in [5.74, 6) is 1.00. The topological polar surface area (TPSA) is 92.2 Å². The van der Waals surface area contributed by atoms with Gasteiger partial charge in [-0.1, -0.05) is 0 Å². The van der Waals surface area contributed by atoms with Gasteiger partial charge in [0.15, 0.2) is 0 Å². The van der Waals surface area contributed by atoms with Gasteiger partial charge in [0.05, 0.1) is 0 Å². The number of hydrogen-bond donors (Lipinski definition) is 0. The number of tetrazole rings is 1. The van der Waals surface area contributed by atoms with E-state index in [-0.39, 0.29) is 12.2 Å². The molecule has 1 aromatic carbocycles. The average molecular weight is 297 g/mol. The number of ether oxygens (including phenoxy) is 1. The molecule has 0 atom stereocenters. The van der Waals surface area contributed by atoms with Gasteiger partial charge in [-0.2, -0.15) is 5.21 Å². The zero-order valence-electron chi connectivity index (χ0n) is 11.8. The molecule has 0 unspecified atom stereocenters. The molecule has 0 N–H and O–H groups in total. The van der Waals surface area contributed by atoms with Gasteiger partial charge in [0.2, 0.25) is 0 Å². The SMILES string of the molecule is O=c1oc2cc(OCc3nnn[n-]3)ccc2c2c1CCCC2. The van der Waals surface area contributed by atoms with E-state index in [2.05, 4.69) is 20.6 Å². The van der Waals surface area contributed by atoms with Gasteiger partial charge in [-0.25, -0.2) is 4.79 Å². The first-order valence-corrected chi connectivity index (χ1v) is 7.20. The van der Waals surface area contributed by atoms with Crippen LogP contribution in [0, 0.1) is 0 Å². The van der Waals surface area contributed by atoms with Crippen LogP contribution in [-0.4, -0.2) is 15.5 Å². The lowest BCUT2D eigenvalue weighted by Gasteiger charge is -2.16. The minimum atomic E-state index is -0.230. The second-order valence-electron chi connectivity index (χ2n) is 5.30. The third-order valence-electron chi connectivity index (χ3n) is 3.92. The van der Waals surface area contributed by atoms with E-state index in [4.69, 9.17) is 9.15 Å². The summed E-state index contributed by atoms with van der Waals surface area (Å²) < 4.78 is 11.0. The molecule has 4 rings (SSSR count). The number of hydrogen-bond acceptors (Lipinski definition) is 6. The average Bonchev–Trinajstić information content (AvgIpc) is 3.06. The minimum Gasteiger partial charge on any atom is -0.488 e. The van der Waals surface area contributed by atoms with Crippen LogP contribution in [0.5, 0.6) is 5.75 Å². The van der Waals surface area contributed by atoms with E-state index in [1.165, 1.54) is 0 Å². The fourth-order valence-corrected chi connectivity index (χ4v) is 2.88. The van der Waals surface area contributed by atoms with E-state index in [1.54, 1.807) is 6.07 Å². The van der Waals surface area contributed by atoms with Gasteiger partial charge in [0.25, 0.3) is 0 Å². The maximum atomic E-state index is 12.1. The highest BCUT2D eigenvalue weighted by Crippen LogP contribution is 2.29. The van der Waals surface area contributed by atoms with Gasteiger partial charge in [-0.05, 0) is 43.4 Å². The molecule has 0 saturated carbocycles. The first-order chi connectivity index (χ1) is 10.8. The largest absolute Gasteiger partial charge is 0.488 e. The number of rotatable bonds is 3. The highest BCUT2D eigenvalue weighted by atomic mass is 16.5. The molecule has 0 fully saturated rings. The summed E-state index contributed by atoms with van der Waals surface area (Å²) in [7, 11) is 0. The quantitative estimate of drug-likeness (QED) is 0.674. The maximum absolute atomic E-state index is 12.1. The third-order valence-corrected chi connectivity index (χ3v) is 3.92. The summed E-state index contributed by atoms with van der Waals surface area (Å²) in [4.78, 5) is 12.1. The molecule has 112 valence electrons. The fraction of sp³-hybridized carbons (Fsp3) is 0.333. The van der Waals surface area contributed by atoms with Crippen LogP contribution >= 0.6 is 0 Å². The van der Waals surface area contributed by atoms with Crippen LogP contribution in [0.2, 0.25) is 0 Å². The third kappa shape index (κ3) is 2.24. The Hall–Kier alpha value is -2.70. The molecular formula is C15H13N4O3-. The molecule has 7 nitrogen and oxygen atoms in total. The molecular weight excluding hydrogens is 284 g/mol. The van der Waals surface area contributed by atoms with Gasteiger partial charge in [0, 0.05) is 22.8 Å². The van der Waals surface area contributed by atoms with Crippen LogP contribution in [0.15, 0.2) is 27.4 Å². The molecule has 3 aromatic rings. The lowest BCUT2D eigenvalue weighted by atomic mass is 9.91. The second-order valence-corrected chi connectivity index (χ2v) is 5.30. The van der Waals surface area contributed by atoms with Crippen LogP contribution in [0.1, 0.15) is 29.8 Å². The van der Waals surface area contributed by atoms with Crippen LogP contribution in [0.3, 0.4) is 0 Å². The first-order valence-electron chi connectivity index (χ1n) is 7.20. The zero-order chi connectivity index (χ0) is 14.9. The van der Waals surface area contributed by atoms with Crippen molar-refractivity contribution in [2.75, 3.05) is 0 Å². The van der Waals surface area contributed by atoms with E-state index < -0.39 is 0 Å². The van der Waals surface area contributed by atoms with Crippen molar-refractivity contribution in [3.63, 3.8) is 0 Å². The van der Waals surface area contributed by atoms with E-state index >= 15 is 0 Å². The number of nitrogens with zero attached hydrogens (tertiary/aromatic N) is 4. The Morgan fingerprint density at radius 2 is 2.09 bits per heavy atom.